The lowest BCUT2D eigenvalue weighted by molar-refractivity contribution is -0.0507. The van der Waals surface area contributed by atoms with Crippen molar-refractivity contribution in [3.63, 3.8) is 0 Å². The van der Waals surface area contributed by atoms with Crippen molar-refractivity contribution in [2.45, 2.75) is 5.41 Å². The number of aromatic nitrogens is 2. The first-order valence-corrected chi connectivity index (χ1v) is 10.9. The predicted octanol–water partition coefficient (Wildman–Crippen LogP) is 2.64. The Kier molecular flexibility index (Phi) is 5.47. The van der Waals surface area contributed by atoms with Gasteiger partial charge in [-0.05, 0) is 35.4 Å². The summed E-state index contributed by atoms with van der Waals surface area (Å²) >= 11 is 0. The molecule has 0 unspecified atom stereocenters. The van der Waals surface area contributed by atoms with Gasteiger partial charge in [0.05, 0.1) is 32.3 Å². The number of hydrogen-bond acceptors (Lipinski definition) is 7. The maximum Gasteiger partial charge on any atom is 0.253 e. The summed E-state index contributed by atoms with van der Waals surface area (Å²) in [6, 6.07) is 13.5. The van der Waals surface area contributed by atoms with Gasteiger partial charge in [0.2, 0.25) is 5.95 Å². The number of fused-ring (bicyclic) bond motifs is 2. The van der Waals surface area contributed by atoms with Crippen LogP contribution < -0.4 is 9.64 Å². The van der Waals surface area contributed by atoms with Crippen molar-refractivity contribution in [2.24, 2.45) is 0 Å². The molecule has 8 nitrogen and oxygen atoms in total. The van der Waals surface area contributed by atoms with E-state index in [9.17, 15) is 9.90 Å². The van der Waals surface area contributed by atoms with E-state index in [1.54, 1.807) is 14.2 Å². The van der Waals surface area contributed by atoms with Crippen LogP contribution >= 0.6 is 0 Å². The fourth-order valence-electron chi connectivity index (χ4n) is 4.47. The molecule has 3 aromatic rings. The van der Waals surface area contributed by atoms with Gasteiger partial charge in [-0.15, -0.1) is 0 Å². The van der Waals surface area contributed by atoms with E-state index in [1.807, 2.05) is 54.9 Å². The van der Waals surface area contributed by atoms with Gasteiger partial charge in [-0.25, -0.2) is 9.97 Å². The van der Waals surface area contributed by atoms with Crippen molar-refractivity contribution in [1.82, 2.24) is 14.9 Å². The summed E-state index contributed by atoms with van der Waals surface area (Å²) in [7, 11) is 3.33. The van der Waals surface area contributed by atoms with E-state index in [0.717, 1.165) is 28.1 Å². The van der Waals surface area contributed by atoms with Crippen molar-refractivity contribution in [2.75, 3.05) is 52.0 Å². The fraction of sp³-hybridized carbons (Fsp3) is 0.320. The molecule has 8 heteroatoms. The smallest absolute Gasteiger partial charge is 0.253 e. The average Bonchev–Trinajstić information content (AvgIpc) is 3.19. The quantitative estimate of drug-likeness (QED) is 0.623. The lowest BCUT2D eigenvalue weighted by Gasteiger charge is -2.38. The molecule has 170 valence electrons. The van der Waals surface area contributed by atoms with E-state index < -0.39 is 0 Å². The van der Waals surface area contributed by atoms with Crippen LogP contribution in [0.25, 0.3) is 11.1 Å². The molecule has 0 atom stereocenters. The third kappa shape index (κ3) is 3.71. The molecule has 33 heavy (non-hydrogen) atoms. The molecule has 3 heterocycles. The lowest BCUT2D eigenvalue weighted by atomic mass is 9.80. The predicted molar refractivity (Wildman–Crippen MR) is 124 cm³/mol. The summed E-state index contributed by atoms with van der Waals surface area (Å²) in [6.07, 6.45) is 3.62. The third-order valence-electron chi connectivity index (χ3n) is 6.39. The molecule has 2 aromatic carbocycles. The minimum atomic E-state index is -0.132. The topological polar surface area (TPSA) is 88.0 Å². The van der Waals surface area contributed by atoms with E-state index >= 15 is 0 Å². The molecule has 2 aliphatic heterocycles. The van der Waals surface area contributed by atoms with E-state index in [-0.39, 0.29) is 24.5 Å². The van der Waals surface area contributed by atoms with Gasteiger partial charge in [-0.2, -0.15) is 0 Å². The number of carbonyl (C=O) groups is 1. The second-order valence-electron chi connectivity index (χ2n) is 8.55. The van der Waals surface area contributed by atoms with Crippen LogP contribution in [0.3, 0.4) is 0 Å². The van der Waals surface area contributed by atoms with Gasteiger partial charge in [0.1, 0.15) is 5.75 Å². The van der Waals surface area contributed by atoms with E-state index in [2.05, 4.69) is 14.9 Å². The number of hydrogen-bond donors (Lipinski definition) is 1. The molecule has 1 amide bonds. The molecule has 0 saturated carbocycles. The first kappa shape index (κ1) is 21.4. The Bertz CT molecular complexity index is 1180. The van der Waals surface area contributed by atoms with Gasteiger partial charge in [0.25, 0.3) is 5.91 Å². The van der Waals surface area contributed by atoms with E-state index in [0.29, 0.717) is 31.3 Å². The number of likely N-dealkylation sites (N-methyl/N-ethyl adjacent to an activating group) is 1. The number of aliphatic hydroxyl groups excluding tert-OH is 1. The molecule has 0 bridgehead atoms. The maximum absolute atomic E-state index is 12.8. The standard InChI is InChI=1S/C25H26N4O4/c1-28(8-9-30)23(31)18-6-7-21-22(11-18)29(14-25(21)15-33-16-25)24-26-12-19(13-27-24)17-4-3-5-20(10-17)32-2/h3-7,10-13,30H,8-9,14-16H2,1-2H3. The largest absolute Gasteiger partial charge is 0.497 e. The van der Waals surface area contributed by atoms with Crippen LogP contribution in [0, 0.1) is 0 Å². The zero-order chi connectivity index (χ0) is 23.0. The first-order chi connectivity index (χ1) is 16.0. The second kappa shape index (κ2) is 8.46. The summed E-state index contributed by atoms with van der Waals surface area (Å²) in [5, 5.41) is 9.18. The highest BCUT2D eigenvalue weighted by Gasteiger charge is 2.49. The van der Waals surface area contributed by atoms with E-state index in [4.69, 9.17) is 9.47 Å². The molecule has 1 spiro atoms. The minimum Gasteiger partial charge on any atom is -0.497 e. The molecule has 2 aliphatic rings. The van der Waals surface area contributed by atoms with Crippen molar-refractivity contribution < 1.29 is 19.4 Å². The third-order valence-corrected chi connectivity index (χ3v) is 6.39. The lowest BCUT2D eigenvalue weighted by Crippen LogP contribution is -2.49. The normalized spacial score (nSPS) is 15.8. The molecule has 0 aliphatic carbocycles. The van der Waals surface area contributed by atoms with Crippen molar-refractivity contribution >= 4 is 17.5 Å². The van der Waals surface area contributed by atoms with E-state index in [1.165, 1.54) is 4.90 Å². The van der Waals surface area contributed by atoms with Gasteiger partial charge >= 0.3 is 0 Å². The Morgan fingerprint density at radius 3 is 2.64 bits per heavy atom. The second-order valence-corrected chi connectivity index (χ2v) is 8.55. The number of anilines is 2. The highest BCUT2D eigenvalue weighted by Crippen LogP contribution is 2.47. The maximum atomic E-state index is 12.8. The summed E-state index contributed by atoms with van der Waals surface area (Å²) in [5.74, 6) is 1.23. The number of ether oxygens (including phenoxy) is 2. The van der Waals surface area contributed by atoms with Crippen LogP contribution in [-0.2, 0) is 10.2 Å². The number of nitrogens with zero attached hydrogens (tertiary/aromatic N) is 4. The number of aliphatic hydroxyl groups is 1. The van der Waals surface area contributed by atoms with Gasteiger partial charge in [-0.3, -0.25) is 4.79 Å². The molecule has 1 N–H and O–H groups in total. The van der Waals surface area contributed by atoms with Crippen LogP contribution in [0.2, 0.25) is 0 Å². The molecule has 5 rings (SSSR count). The zero-order valence-corrected chi connectivity index (χ0v) is 18.7. The minimum absolute atomic E-state index is 0.0762. The Morgan fingerprint density at radius 1 is 1.18 bits per heavy atom. The highest BCUT2D eigenvalue weighted by molar-refractivity contribution is 5.96. The summed E-state index contributed by atoms with van der Waals surface area (Å²) < 4.78 is 10.9. The number of amides is 1. The van der Waals surface area contributed by atoms with Crippen LogP contribution in [-0.4, -0.2) is 72.9 Å². The fourth-order valence-corrected chi connectivity index (χ4v) is 4.47. The number of rotatable bonds is 6. The SMILES string of the molecule is COc1cccc(-c2cnc(N3CC4(COC4)c4ccc(C(=O)N(C)CCO)cc43)nc2)c1. The number of methoxy groups -OCH3 is 1. The molecular formula is C25H26N4O4. The van der Waals surface area contributed by atoms with Crippen LogP contribution in [0.4, 0.5) is 11.6 Å². The number of carbonyl (C=O) groups excluding carboxylic acids is 1. The Labute approximate surface area is 192 Å². The molecule has 0 radical (unpaired) electrons. The highest BCUT2D eigenvalue weighted by atomic mass is 16.5. The summed E-state index contributed by atoms with van der Waals surface area (Å²) in [5.41, 5.74) is 4.41. The molecule has 1 saturated heterocycles. The summed E-state index contributed by atoms with van der Waals surface area (Å²) in [6.45, 7) is 2.18. The van der Waals surface area contributed by atoms with Gasteiger partial charge in [0, 0.05) is 49.3 Å². The molecule has 1 fully saturated rings. The van der Waals surface area contributed by atoms with Crippen molar-refractivity contribution in [3.05, 3.63) is 66.0 Å². The van der Waals surface area contributed by atoms with Crippen molar-refractivity contribution in [3.8, 4) is 16.9 Å². The molecular weight excluding hydrogens is 420 g/mol. The Morgan fingerprint density at radius 2 is 1.97 bits per heavy atom. The monoisotopic (exact) mass is 446 g/mol. The molecule has 1 aromatic heterocycles. The number of benzene rings is 2. The zero-order valence-electron chi connectivity index (χ0n) is 18.7. The van der Waals surface area contributed by atoms with Crippen LogP contribution in [0.1, 0.15) is 15.9 Å². The average molecular weight is 447 g/mol. The van der Waals surface area contributed by atoms with Crippen LogP contribution in [0.15, 0.2) is 54.9 Å². The van der Waals surface area contributed by atoms with Crippen LogP contribution in [0.5, 0.6) is 5.75 Å². The van der Waals surface area contributed by atoms with Crippen molar-refractivity contribution in [1.29, 1.82) is 0 Å². The van der Waals surface area contributed by atoms with Gasteiger partial charge in [-0.1, -0.05) is 18.2 Å². The summed E-state index contributed by atoms with van der Waals surface area (Å²) in [4.78, 5) is 25.7. The Balaban J connectivity index is 1.48. The van der Waals surface area contributed by atoms with Gasteiger partial charge in [0.15, 0.2) is 0 Å². The first-order valence-electron chi connectivity index (χ1n) is 10.9. The Hall–Kier alpha value is -3.49. The van der Waals surface area contributed by atoms with Gasteiger partial charge < -0.3 is 24.4 Å².